The zero-order chi connectivity index (χ0) is 19.4. The van der Waals surface area contributed by atoms with Gasteiger partial charge in [-0.25, -0.2) is 0 Å². The average Bonchev–Trinajstić information content (AvgIpc) is 2.92. The number of imide groups is 1. The van der Waals surface area contributed by atoms with Gasteiger partial charge in [0.05, 0.1) is 12.2 Å². The number of rotatable bonds is 7. The molecule has 1 aliphatic heterocycles. The maximum atomic E-state index is 13.1. The zero-order valence-electron chi connectivity index (χ0n) is 15.1. The Kier molecular flexibility index (Phi) is 5.94. The summed E-state index contributed by atoms with van der Waals surface area (Å²) in [4.78, 5) is 29.0. The van der Waals surface area contributed by atoms with Crippen molar-refractivity contribution in [2.45, 2.75) is 6.42 Å². The van der Waals surface area contributed by atoms with Crippen LogP contribution in [0.2, 0.25) is 5.02 Å². The first-order chi connectivity index (χ1) is 13.0. The van der Waals surface area contributed by atoms with E-state index in [-0.39, 0.29) is 25.0 Å². The van der Waals surface area contributed by atoms with Crippen molar-refractivity contribution in [3.8, 4) is 0 Å². The topological polar surface area (TPSA) is 60.9 Å². The number of hydrogen-bond acceptors (Lipinski definition) is 4. The molecule has 27 heavy (non-hydrogen) atoms. The van der Waals surface area contributed by atoms with Crippen LogP contribution in [0.15, 0.2) is 60.3 Å². The van der Waals surface area contributed by atoms with Crippen molar-refractivity contribution in [1.82, 2.24) is 9.80 Å². The van der Waals surface area contributed by atoms with Crippen molar-refractivity contribution >= 4 is 29.0 Å². The number of halogens is 1. The summed E-state index contributed by atoms with van der Waals surface area (Å²) in [5.74, 6) is -0.658. The summed E-state index contributed by atoms with van der Waals surface area (Å²) in [6.45, 7) is 0.451. The Hall–Kier alpha value is -2.63. The second-order valence-electron chi connectivity index (χ2n) is 6.37. The standard InChI is InChI=1S/C21H21ClN2O3/c1-23(13-14-25)19-18(16-7-9-17(22)10-8-16)20(26)24(21(19)27)12-11-15-5-3-2-4-6-15/h2-10,25H,11-14H2,1H3. The summed E-state index contributed by atoms with van der Waals surface area (Å²) in [6.07, 6.45) is 0.587. The number of carbonyl (C=O) groups excluding carboxylic acids is 2. The highest BCUT2D eigenvalue weighted by Gasteiger charge is 2.40. The summed E-state index contributed by atoms with van der Waals surface area (Å²) in [5, 5.41) is 9.83. The van der Waals surface area contributed by atoms with Crippen LogP contribution in [0.25, 0.3) is 5.57 Å². The van der Waals surface area contributed by atoms with Gasteiger partial charge in [-0.05, 0) is 29.7 Å². The van der Waals surface area contributed by atoms with Gasteiger partial charge in [0.15, 0.2) is 0 Å². The van der Waals surface area contributed by atoms with Gasteiger partial charge < -0.3 is 10.0 Å². The number of aliphatic hydroxyl groups excluding tert-OH is 1. The molecule has 2 amide bonds. The monoisotopic (exact) mass is 384 g/mol. The largest absolute Gasteiger partial charge is 0.395 e. The van der Waals surface area contributed by atoms with Crippen molar-refractivity contribution in [2.75, 3.05) is 26.7 Å². The van der Waals surface area contributed by atoms with Crippen LogP contribution in [0.5, 0.6) is 0 Å². The quantitative estimate of drug-likeness (QED) is 0.745. The van der Waals surface area contributed by atoms with Crippen LogP contribution in [0.4, 0.5) is 0 Å². The van der Waals surface area contributed by atoms with Gasteiger partial charge in [-0.15, -0.1) is 0 Å². The molecule has 0 aromatic heterocycles. The second kappa shape index (κ2) is 8.37. The Morgan fingerprint density at radius 2 is 1.67 bits per heavy atom. The van der Waals surface area contributed by atoms with E-state index in [0.29, 0.717) is 34.8 Å². The fraction of sp³-hybridized carbons (Fsp3) is 0.238. The van der Waals surface area contributed by atoms with E-state index in [1.54, 1.807) is 36.2 Å². The number of likely N-dealkylation sites (N-methyl/N-ethyl adjacent to an activating group) is 1. The highest BCUT2D eigenvalue weighted by Crippen LogP contribution is 2.31. The van der Waals surface area contributed by atoms with Crippen LogP contribution in [0.1, 0.15) is 11.1 Å². The first kappa shape index (κ1) is 19.1. The SMILES string of the molecule is CN(CCO)C1=C(c2ccc(Cl)cc2)C(=O)N(CCc2ccccc2)C1=O. The molecule has 1 aliphatic rings. The lowest BCUT2D eigenvalue weighted by Gasteiger charge is -2.20. The molecule has 0 saturated heterocycles. The number of amides is 2. The third-order valence-corrected chi connectivity index (χ3v) is 4.81. The molecule has 140 valence electrons. The molecule has 0 radical (unpaired) electrons. The molecule has 3 rings (SSSR count). The van der Waals surface area contributed by atoms with Gasteiger partial charge in [-0.1, -0.05) is 54.1 Å². The van der Waals surface area contributed by atoms with Crippen LogP contribution in [0, 0.1) is 0 Å². The van der Waals surface area contributed by atoms with Crippen molar-refractivity contribution in [3.05, 3.63) is 76.4 Å². The van der Waals surface area contributed by atoms with E-state index in [4.69, 9.17) is 11.6 Å². The lowest BCUT2D eigenvalue weighted by Crippen LogP contribution is -2.36. The highest BCUT2D eigenvalue weighted by atomic mass is 35.5. The molecule has 0 atom stereocenters. The van der Waals surface area contributed by atoms with Crippen LogP contribution < -0.4 is 0 Å². The molecule has 2 aromatic rings. The minimum atomic E-state index is -0.336. The van der Waals surface area contributed by atoms with E-state index >= 15 is 0 Å². The van der Waals surface area contributed by atoms with Crippen molar-refractivity contribution in [1.29, 1.82) is 0 Å². The Labute approximate surface area is 163 Å². The minimum absolute atomic E-state index is 0.112. The summed E-state index contributed by atoms with van der Waals surface area (Å²) >= 11 is 5.96. The van der Waals surface area contributed by atoms with Crippen molar-refractivity contribution in [3.63, 3.8) is 0 Å². The molecule has 5 nitrogen and oxygen atoms in total. The molecule has 0 fully saturated rings. The van der Waals surface area contributed by atoms with Gasteiger partial charge in [0, 0.05) is 25.2 Å². The first-order valence-corrected chi connectivity index (χ1v) is 9.13. The molecule has 1 N–H and O–H groups in total. The van der Waals surface area contributed by atoms with Gasteiger partial charge in [-0.3, -0.25) is 14.5 Å². The van der Waals surface area contributed by atoms with E-state index in [0.717, 1.165) is 5.56 Å². The number of nitrogens with zero attached hydrogens (tertiary/aromatic N) is 2. The van der Waals surface area contributed by atoms with Crippen molar-refractivity contribution < 1.29 is 14.7 Å². The van der Waals surface area contributed by atoms with Crippen LogP contribution in [-0.4, -0.2) is 53.5 Å². The number of hydrogen-bond donors (Lipinski definition) is 1. The second-order valence-corrected chi connectivity index (χ2v) is 6.81. The molecule has 2 aromatic carbocycles. The molecule has 0 spiro atoms. The van der Waals surface area contributed by atoms with Crippen molar-refractivity contribution in [2.24, 2.45) is 0 Å². The summed E-state index contributed by atoms with van der Waals surface area (Å²) in [6, 6.07) is 16.6. The average molecular weight is 385 g/mol. The molecule has 0 bridgehead atoms. The maximum Gasteiger partial charge on any atom is 0.277 e. The van der Waals surface area contributed by atoms with Crippen LogP contribution in [-0.2, 0) is 16.0 Å². The molecule has 0 aliphatic carbocycles. The number of carbonyl (C=O) groups is 2. The smallest absolute Gasteiger partial charge is 0.277 e. The lowest BCUT2D eigenvalue weighted by molar-refractivity contribution is -0.137. The Morgan fingerprint density at radius 1 is 1.00 bits per heavy atom. The molecule has 1 heterocycles. The fourth-order valence-electron chi connectivity index (χ4n) is 3.14. The lowest BCUT2D eigenvalue weighted by atomic mass is 10.0. The van der Waals surface area contributed by atoms with E-state index in [1.165, 1.54) is 4.90 Å². The van der Waals surface area contributed by atoms with Gasteiger partial charge >= 0.3 is 0 Å². The Morgan fingerprint density at radius 3 is 2.30 bits per heavy atom. The van der Waals surface area contributed by atoms with Gasteiger partial charge in [0.2, 0.25) is 0 Å². The minimum Gasteiger partial charge on any atom is -0.395 e. The van der Waals surface area contributed by atoms with E-state index in [9.17, 15) is 14.7 Å². The number of benzene rings is 2. The highest BCUT2D eigenvalue weighted by molar-refractivity contribution is 6.36. The van der Waals surface area contributed by atoms with E-state index in [1.807, 2.05) is 30.3 Å². The third-order valence-electron chi connectivity index (χ3n) is 4.56. The molecule has 0 saturated carbocycles. The fourth-order valence-corrected chi connectivity index (χ4v) is 3.27. The van der Waals surface area contributed by atoms with Crippen LogP contribution >= 0.6 is 11.6 Å². The van der Waals surface area contributed by atoms with E-state index in [2.05, 4.69) is 0 Å². The van der Waals surface area contributed by atoms with Gasteiger partial charge in [-0.2, -0.15) is 0 Å². The molecular weight excluding hydrogens is 364 g/mol. The van der Waals surface area contributed by atoms with Gasteiger partial charge in [0.1, 0.15) is 5.70 Å². The predicted molar refractivity (Wildman–Crippen MR) is 105 cm³/mol. The molecule has 0 unspecified atom stereocenters. The third kappa shape index (κ3) is 4.04. The predicted octanol–water partition coefficient (Wildman–Crippen LogP) is 2.59. The molecule has 6 heteroatoms. The number of aliphatic hydroxyl groups is 1. The maximum absolute atomic E-state index is 13.1. The van der Waals surface area contributed by atoms with Crippen LogP contribution in [0.3, 0.4) is 0 Å². The summed E-state index contributed by atoms with van der Waals surface area (Å²) in [7, 11) is 1.70. The first-order valence-electron chi connectivity index (χ1n) is 8.75. The van der Waals surface area contributed by atoms with E-state index < -0.39 is 0 Å². The summed E-state index contributed by atoms with van der Waals surface area (Å²) < 4.78 is 0. The summed E-state index contributed by atoms with van der Waals surface area (Å²) in [5.41, 5.74) is 2.35. The zero-order valence-corrected chi connectivity index (χ0v) is 15.8. The molecular formula is C21H21ClN2O3. The normalized spacial score (nSPS) is 14.3. The van der Waals surface area contributed by atoms with Gasteiger partial charge in [0.25, 0.3) is 11.8 Å². The Bertz CT molecular complexity index is 863. The Balaban J connectivity index is 1.92.